The summed E-state index contributed by atoms with van der Waals surface area (Å²) in [6, 6.07) is 13.6. The van der Waals surface area contributed by atoms with Gasteiger partial charge in [0.2, 0.25) is 10.0 Å². The zero-order valence-electron chi connectivity index (χ0n) is 14.3. The molecule has 138 valence electrons. The summed E-state index contributed by atoms with van der Waals surface area (Å²) in [5.74, 6) is -0.430. The maximum Gasteiger partial charge on any atom is 0.252 e. The molecule has 0 saturated carbocycles. The van der Waals surface area contributed by atoms with E-state index in [-0.39, 0.29) is 17.0 Å². The van der Waals surface area contributed by atoms with Crippen LogP contribution in [0, 0.1) is 0 Å². The Morgan fingerprint density at radius 2 is 1.65 bits per heavy atom. The molecule has 1 heterocycles. The molecule has 5 nitrogen and oxygen atoms in total. The van der Waals surface area contributed by atoms with E-state index in [9.17, 15) is 13.2 Å². The van der Waals surface area contributed by atoms with E-state index in [2.05, 4.69) is 5.32 Å². The van der Waals surface area contributed by atoms with Crippen molar-refractivity contribution in [1.29, 1.82) is 0 Å². The quantitative estimate of drug-likeness (QED) is 0.847. The molecule has 1 N–H and O–H groups in total. The van der Waals surface area contributed by atoms with Crippen molar-refractivity contribution in [2.45, 2.75) is 30.7 Å². The van der Waals surface area contributed by atoms with Crippen molar-refractivity contribution in [3.05, 3.63) is 64.7 Å². The molecule has 2 aromatic carbocycles. The minimum Gasteiger partial charge on any atom is -0.348 e. The first kappa shape index (κ1) is 18.9. The van der Waals surface area contributed by atoms with Crippen LogP contribution in [0.2, 0.25) is 5.02 Å². The zero-order chi connectivity index (χ0) is 18.6. The van der Waals surface area contributed by atoms with Gasteiger partial charge in [0, 0.05) is 24.7 Å². The first-order chi connectivity index (χ1) is 12.5. The van der Waals surface area contributed by atoms with E-state index in [0.29, 0.717) is 18.1 Å². The third-order valence-electron chi connectivity index (χ3n) is 4.46. The van der Waals surface area contributed by atoms with E-state index < -0.39 is 15.9 Å². The number of carbonyl (C=O) groups is 1. The molecule has 1 aliphatic rings. The van der Waals surface area contributed by atoms with Crippen LogP contribution in [0.15, 0.2) is 53.4 Å². The van der Waals surface area contributed by atoms with Crippen LogP contribution in [0.4, 0.5) is 0 Å². The summed E-state index contributed by atoms with van der Waals surface area (Å²) in [5, 5.41) is 3.32. The van der Waals surface area contributed by atoms with Crippen LogP contribution in [0.3, 0.4) is 0 Å². The lowest BCUT2D eigenvalue weighted by atomic mass is 10.2. The van der Waals surface area contributed by atoms with Gasteiger partial charge in [-0.1, -0.05) is 48.4 Å². The standard InChI is InChI=1S/C19H21ClN2O3S/c20-17-10-4-2-8-15(17)14-21-19(23)16-9-3-5-11-18(16)26(24,25)22-12-6-1-7-13-22/h2-5,8-11H,1,6-7,12-14H2,(H,21,23). The number of rotatable bonds is 5. The van der Waals surface area contributed by atoms with Crippen molar-refractivity contribution in [3.8, 4) is 0 Å². The van der Waals surface area contributed by atoms with Crippen LogP contribution in [-0.4, -0.2) is 31.7 Å². The molecule has 0 aromatic heterocycles. The first-order valence-corrected chi connectivity index (χ1v) is 10.4. The van der Waals surface area contributed by atoms with Crippen LogP contribution in [0.25, 0.3) is 0 Å². The Balaban J connectivity index is 1.82. The Bertz CT molecular complexity index is 893. The fourth-order valence-electron chi connectivity index (χ4n) is 3.04. The maximum absolute atomic E-state index is 13.0. The number of nitrogens with zero attached hydrogens (tertiary/aromatic N) is 1. The number of hydrogen-bond acceptors (Lipinski definition) is 3. The van der Waals surface area contributed by atoms with Gasteiger partial charge in [0.25, 0.3) is 5.91 Å². The Kier molecular flexibility index (Phi) is 5.96. The lowest BCUT2D eigenvalue weighted by molar-refractivity contribution is 0.0947. The van der Waals surface area contributed by atoms with E-state index in [1.165, 1.54) is 10.4 Å². The summed E-state index contributed by atoms with van der Waals surface area (Å²) in [5.41, 5.74) is 0.934. The largest absolute Gasteiger partial charge is 0.348 e. The molecular weight excluding hydrogens is 372 g/mol. The number of sulfonamides is 1. The summed E-state index contributed by atoms with van der Waals surface area (Å²) >= 11 is 6.11. The minimum atomic E-state index is -3.68. The SMILES string of the molecule is O=C(NCc1ccccc1Cl)c1ccccc1S(=O)(=O)N1CCCCC1. The average molecular weight is 393 g/mol. The molecule has 0 unspecified atom stereocenters. The monoisotopic (exact) mass is 392 g/mol. The fraction of sp³-hybridized carbons (Fsp3) is 0.316. The van der Waals surface area contributed by atoms with Gasteiger partial charge in [-0.3, -0.25) is 4.79 Å². The van der Waals surface area contributed by atoms with Gasteiger partial charge in [-0.15, -0.1) is 0 Å². The maximum atomic E-state index is 13.0. The molecule has 2 aromatic rings. The summed E-state index contributed by atoms with van der Waals surface area (Å²) in [7, 11) is -3.68. The van der Waals surface area contributed by atoms with Crippen molar-refractivity contribution < 1.29 is 13.2 Å². The second-order valence-corrected chi connectivity index (χ2v) is 8.55. The highest BCUT2D eigenvalue weighted by Crippen LogP contribution is 2.24. The lowest BCUT2D eigenvalue weighted by Gasteiger charge is -2.26. The van der Waals surface area contributed by atoms with Gasteiger partial charge in [-0.05, 0) is 36.6 Å². The Labute approximate surface area is 159 Å². The summed E-state index contributed by atoms with van der Waals surface area (Å²) in [4.78, 5) is 12.7. The van der Waals surface area contributed by atoms with E-state index in [4.69, 9.17) is 11.6 Å². The average Bonchev–Trinajstić information content (AvgIpc) is 2.68. The molecular formula is C19H21ClN2O3S. The van der Waals surface area contributed by atoms with Crippen molar-refractivity contribution >= 4 is 27.5 Å². The van der Waals surface area contributed by atoms with Crippen molar-refractivity contribution in [3.63, 3.8) is 0 Å². The number of piperidine rings is 1. The molecule has 3 rings (SSSR count). The summed E-state index contributed by atoms with van der Waals surface area (Å²) in [6.45, 7) is 1.23. The Morgan fingerprint density at radius 1 is 1.00 bits per heavy atom. The third-order valence-corrected chi connectivity index (χ3v) is 6.79. The highest BCUT2D eigenvalue weighted by atomic mass is 35.5. The molecule has 0 atom stereocenters. The Hall–Kier alpha value is -1.89. The van der Waals surface area contributed by atoms with Crippen molar-refractivity contribution in [2.75, 3.05) is 13.1 Å². The molecule has 7 heteroatoms. The third kappa shape index (κ3) is 4.09. The van der Waals surface area contributed by atoms with Crippen LogP contribution in [0.1, 0.15) is 35.2 Å². The van der Waals surface area contributed by atoms with E-state index in [1.54, 1.807) is 24.3 Å². The topological polar surface area (TPSA) is 66.5 Å². The molecule has 1 amide bonds. The molecule has 26 heavy (non-hydrogen) atoms. The number of nitrogens with one attached hydrogen (secondary N) is 1. The van der Waals surface area contributed by atoms with Gasteiger partial charge < -0.3 is 5.32 Å². The second kappa shape index (κ2) is 8.20. The lowest BCUT2D eigenvalue weighted by Crippen LogP contribution is -2.37. The first-order valence-electron chi connectivity index (χ1n) is 8.61. The minimum absolute atomic E-state index is 0.0542. The van der Waals surface area contributed by atoms with E-state index in [0.717, 1.165) is 24.8 Å². The molecule has 0 radical (unpaired) electrons. The molecule has 1 fully saturated rings. The number of carbonyl (C=O) groups excluding carboxylic acids is 1. The van der Waals surface area contributed by atoms with Gasteiger partial charge in [-0.2, -0.15) is 4.31 Å². The normalized spacial score (nSPS) is 15.6. The van der Waals surface area contributed by atoms with Crippen molar-refractivity contribution in [2.24, 2.45) is 0 Å². The number of hydrogen-bond donors (Lipinski definition) is 1. The number of amides is 1. The summed E-state index contributed by atoms with van der Waals surface area (Å²) in [6.07, 6.45) is 2.73. The van der Waals surface area contributed by atoms with E-state index in [1.807, 2.05) is 18.2 Å². The van der Waals surface area contributed by atoms with E-state index >= 15 is 0 Å². The van der Waals surface area contributed by atoms with Gasteiger partial charge in [0.05, 0.1) is 10.5 Å². The zero-order valence-corrected chi connectivity index (χ0v) is 15.9. The molecule has 0 bridgehead atoms. The molecule has 0 spiro atoms. The highest BCUT2D eigenvalue weighted by molar-refractivity contribution is 7.89. The number of halogens is 1. The van der Waals surface area contributed by atoms with Crippen LogP contribution < -0.4 is 5.32 Å². The fourth-order valence-corrected chi connectivity index (χ4v) is 4.94. The predicted octanol–water partition coefficient (Wildman–Crippen LogP) is 3.44. The van der Waals surface area contributed by atoms with Gasteiger partial charge in [0.1, 0.15) is 0 Å². The van der Waals surface area contributed by atoms with Crippen LogP contribution in [0.5, 0.6) is 0 Å². The van der Waals surface area contributed by atoms with Crippen molar-refractivity contribution in [1.82, 2.24) is 9.62 Å². The van der Waals surface area contributed by atoms with Crippen LogP contribution >= 0.6 is 11.6 Å². The molecule has 0 aliphatic carbocycles. The van der Waals surface area contributed by atoms with Crippen LogP contribution in [-0.2, 0) is 16.6 Å². The van der Waals surface area contributed by atoms with Gasteiger partial charge in [-0.25, -0.2) is 8.42 Å². The van der Waals surface area contributed by atoms with Gasteiger partial charge in [0.15, 0.2) is 0 Å². The molecule has 1 aliphatic heterocycles. The van der Waals surface area contributed by atoms with Gasteiger partial charge >= 0.3 is 0 Å². The number of benzene rings is 2. The Morgan fingerprint density at radius 3 is 2.38 bits per heavy atom. The summed E-state index contributed by atoms with van der Waals surface area (Å²) < 4.78 is 27.4. The highest BCUT2D eigenvalue weighted by Gasteiger charge is 2.29. The smallest absolute Gasteiger partial charge is 0.252 e. The molecule has 1 saturated heterocycles. The second-order valence-electron chi connectivity index (χ2n) is 6.23. The predicted molar refractivity (Wildman–Crippen MR) is 102 cm³/mol.